The predicted octanol–water partition coefficient (Wildman–Crippen LogP) is 2.75. The van der Waals surface area contributed by atoms with Crippen molar-refractivity contribution in [2.75, 3.05) is 0 Å². The van der Waals surface area contributed by atoms with E-state index in [2.05, 4.69) is 0 Å². The van der Waals surface area contributed by atoms with Crippen molar-refractivity contribution in [3.63, 3.8) is 0 Å². The topological polar surface area (TPSA) is 86.3 Å². The van der Waals surface area contributed by atoms with Gasteiger partial charge in [0, 0.05) is 10.9 Å². The lowest BCUT2D eigenvalue weighted by molar-refractivity contribution is -0.393. The molecule has 6 nitrogen and oxygen atoms in total. The van der Waals surface area contributed by atoms with Gasteiger partial charge in [-0.1, -0.05) is 12.1 Å². The van der Waals surface area contributed by atoms with E-state index in [1.165, 1.54) is 0 Å². The van der Waals surface area contributed by atoms with Crippen LogP contribution >= 0.6 is 0 Å². The van der Waals surface area contributed by atoms with E-state index in [0.29, 0.717) is 29.2 Å². The smallest absolute Gasteiger partial charge is 0.258 e. The van der Waals surface area contributed by atoms with Crippen LogP contribution in [-0.2, 0) is 12.8 Å². The van der Waals surface area contributed by atoms with Gasteiger partial charge < -0.3 is 0 Å². The normalized spacial score (nSPS) is 12.9. The molecule has 0 spiro atoms. The Kier molecular flexibility index (Phi) is 2.07. The Morgan fingerprint density at radius 2 is 1.72 bits per heavy atom. The minimum atomic E-state index is -0.561. The summed E-state index contributed by atoms with van der Waals surface area (Å²) in [7, 11) is 0. The van der Waals surface area contributed by atoms with Crippen molar-refractivity contribution < 1.29 is 9.85 Å². The summed E-state index contributed by atoms with van der Waals surface area (Å²) in [4.78, 5) is 20.9. The molecule has 2 aromatic rings. The van der Waals surface area contributed by atoms with E-state index in [9.17, 15) is 20.2 Å². The molecule has 18 heavy (non-hydrogen) atoms. The highest BCUT2D eigenvalue weighted by Crippen LogP contribution is 2.41. The molecule has 0 radical (unpaired) electrons. The van der Waals surface area contributed by atoms with Crippen molar-refractivity contribution in [2.45, 2.75) is 12.8 Å². The van der Waals surface area contributed by atoms with Gasteiger partial charge in [-0.15, -0.1) is 0 Å². The molecular weight excluding hydrogens is 236 g/mol. The van der Waals surface area contributed by atoms with Crippen LogP contribution in [0.1, 0.15) is 11.1 Å². The maximum atomic E-state index is 11.0. The minimum absolute atomic E-state index is 0.140. The summed E-state index contributed by atoms with van der Waals surface area (Å²) in [5.41, 5.74) is 1.24. The maximum absolute atomic E-state index is 11.0. The molecule has 2 aromatic carbocycles. The lowest BCUT2D eigenvalue weighted by atomic mass is 10.0. The van der Waals surface area contributed by atoms with Crippen LogP contribution in [0.25, 0.3) is 10.8 Å². The Morgan fingerprint density at radius 3 is 2.39 bits per heavy atom. The molecular formula is C12H8N2O4. The van der Waals surface area contributed by atoms with Crippen LogP contribution in [0.5, 0.6) is 0 Å². The van der Waals surface area contributed by atoms with Gasteiger partial charge in [0.25, 0.3) is 11.4 Å². The highest BCUT2D eigenvalue weighted by atomic mass is 16.6. The van der Waals surface area contributed by atoms with Gasteiger partial charge in [0.05, 0.1) is 21.3 Å². The van der Waals surface area contributed by atoms with E-state index in [1.54, 1.807) is 12.1 Å². The zero-order valence-electron chi connectivity index (χ0n) is 9.25. The minimum Gasteiger partial charge on any atom is -0.258 e. The van der Waals surface area contributed by atoms with E-state index < -0.39 is 9.85 Å². The molecule has 3 rings (SSSR count). The first-order chi connectivity index (χ1) is 8.59. The molecule has 0 aliphatic heterocycles. The first-order valence-electron chi connectivity index (χ1n) is 5.46. The van der Waals surface area contributed by atoms with Crippen LogP contribution in [0.15, 0.2) is 24.3 Å². The van der Waals surface area contributed by atoms with Gasteiger partial charge in [-0.25, -0.2) is 0 Å². The number of nitro benzene ring substituents is 2. The number of benzene rings is 2. The first-order valence-corrected chi connectivity index (χ1v) is 5.46. The molecule has 1 aliphatic carbocycles. The Bertz CT molecular complexity index is 709. The van der Waals surface area contributed by atoms with Crippen LogP contribution in [0.2, 0.25) is 0 Å². The standard InChI is InChI=1S/C12H8N2O4/c15-13(16)10-6-11(14(17)18)9-5-4-7-2-1-3-8(10)12(7)9/h1-3,6H,4-5H2. The van der Waals surface area contributed by atoms with Crippen LogP contribution in [0.3, 0.4) is 0 Å². The molecule has 0 heterocycles. The third kappa shape index (κ3) is 1.29. The fourth-order valence-corrected chi connectivity index (χ4v) is 2.63. The van der Waals surface area contributed by atoms with Gasteiger partial charge in [-0.2, -0.15) is 0 Å². The molecule has 0 saturated heterocycles. The lowest BCUT2D eigenvalue weighted by Gasteiger charge is -2.03. The highest BCUT2D eigenvalue weighted by Gasteiger charge is 2.29. The molecule has 0 saturated carbocycles. The molecule has 0 amide bonds. The van der Waals surface area contributed by atoms with Crippen molar-refractivity contribution in [2.24, 2.45) is 0 Å². The van der Waals surface area contributed by atoms with Crippen LogP contribution in [0, 0.1) is 20.2 Å². The average Bonchev–Trinajstić information content (AvgIpc) is 2.75. The number of aryl methyl sites for hydroxylation is 2. The van der Waals surface area contributed by atoms with Crippen LogP contribution in [-0.4, -0.2) is 9.85 Å². The second-order valence-electron chi connectivity index (χ2n) is 4.25. The zero-order chi connectivity index (χ0) is 12.9. The third-order valence-corrected chi connectivity index (χ3v) is 3.35. The first kappa shape index (κ1) is 10.6. The van der Waals surface area contributed by atoms with E-state index >= 15 is 0 Å². The number of rotatable bonds is 2. The Balaban J connectivity index is 2.51. The SMILES string of the molecule is O=[N+]([O-])c1cc([N+](=O)[O-])c2cccc3c2c1CC3. The summed E-state index contributed by atoms with van der Waals surface area (Å²) in [6.07, 6.45) is 1.28. The molecule has 1 aliphatic rings. The maximum Gasteiger partial charge on any atom is 0.284 e. The molecule has 0 aromatic heterocycles. The predicted molar refractivity (Wildman–Crippen MR) is 64.7 cm³/mol. The van der Waals surface area contributed by atoms with Gasteiger partial charge in [0.15, 0.2) is 0 Å². The van der Waals surface area contributed by atoms with Gasteiger partial charge in [-0.3, -0.25) is 20.2 Å². The summed E-state index contributed by atoms with van der Waals surface area (Å²) < 4.78 is 0. The molecule has 90 valence electrons. The fourth-order valence-electron chi connectivity index (χ4n) is 2.63. The summed E-state index contributed by atoms with van der Waals surface area (Å²) in [5, 5.41) is 23.2. The molecule has 0 bridgehead atoms. The third-order valence-electron chi connectivity index (χ3n) is 3.35. The fraction of sp³-hybridized carbons (Fsp3) is 0.167. The highest BCUT2D eigenvalue weighted by molar-refractivity contribution is 5.99. The molecule has 6 heteroatoms. The molecule has 0 atom stereocenters. The summed E-state index contributed by atoms with van der Waals surface area (Å²) in [5.74, 6) is 0. The van der Waals surface area contributed by atoms with Crippen molar-refractivity contribution in [3.05, 3.63) is 55.6 Å². The molecule has 0 fully saturated rings. The Labute approximate surface area is 101 Å². The summed E-state index contributed by atoms with van der Waals surface area (Å²) >= 11 is 0. The largest absolute Gasteiger partial charge is 0.284 e. The second kappa shape index (κ2) is 3.49. The number of nitro groups is 2. The van der Waals surface area contributed by atoms with Crippen molar-refractivity contribution >= 4 is 22.1 Å². The number of nitrogens with zero attached hydrogens (tertiary/aromatic N) is 2. The van der Waals surface area contributed by atoms with Crippen LogP contribution in [0.4, 0.5) is 11.4 Å². The number of hydrogen-bond acceptors (Lipinski definition) is 4. The van der Waals surface area contributed by atoms with E-state index in [4.69, 9.17) is 0 Å². The average molecular weight is 244 g/mol. The van der Waals surface area contributed by atoms with Crippen molar-refractivity contribution in [1.29, 1.82) is 0 Å². The van der Waals surface area contributed by atoms with Gasteiger partial charge in [0.2, 0.25) is 0 Å². The summed E-state index contributed by atoms with van der Waals surface area (Å²) in [6, 6.07) is 6.35. The Hall–Kier alpha value is -2.50. The van der Waals surface area contributed by atoms with E-state index in [0.717, 1.165) is 11.6 Å². The molecule has 0 N–H and O–H groups in total. The number of hydrogen-bond donors (Lipinski definition) is 0. The van der Waals surface area contributed by atoms with Gasteiger partial charge in [0.1, 0.15) is 0 Å². The Morgan fingerprint density at radius 1 is 1.00 bits per heavy atom. The molecule has 0 unspecified atom stereocenters. The van der Waals surface area contributed by atoms with Gasteiger partial charge >= 0.3 is 0 Å². The monoisotopic (exact) mass is 244 g/mol. The quantitative estimate of drug-likeness (QED) is 0.600. The van der Waals surface area contributed by atoms with E-state index in [-0.39, 0.29) is 11.4 Å². The second-order valence-corrected chi connectivity index (χ2v) is 4.25. The van der Waals surface area contributed by atoms with E-state index in [1.807, 2.05) is 6.07 Å². The van der Waals surface area contributed by atoms with Gasteiger partial charge in [-0.05, 0) is 24.5 Å². The summed E-state index contributed by atoms with van der Waals surface area (Å²) in [6.45, 7) is 0. The van der Waals surface area contributed by atoms with Crippen LogP contribution < -0.4 is 0 Å². The lowest BCUT2D eigenvalue weighted by Crippen LogP contribution is -1.97. The van der Waals surface area contributed by atoms with Crippen molar-refractivity contribution in [1.82, 2.24) is 0 Å². The zero-order valence-corrected chi connectivity index (χ0v) is 9.25. The van der Waals surface area contributed by atoms with Crippen molar-refractivity contribution in [3.8, 4) is 0 Å². The number of non-ortho nitro benzene ring substituents is 1.